The third-order valence-electron chi connectivity index (χ3n) is 4.48. The minimum absolute atomic E-state index is 0.0494. The average Bonchev–Trinajstić information content (AvgIpc) is 3.00. The lowest BCUT2D eigenvalue weighted by atomic mass is 10.1. The summed E-state index contributed by atoms with van der Waals surface area (Å²) in [5.41, 5.74) is 1.69. The van der Waals surface area contributed by atoms with Crippen LogP contribution in [0.2, 0.25) is 5.02 Å². The van der Waals surface area contributed by atoms with E-state index in [9.17, 15) is 13.2 Å². The monoisotopic (exact) mass is 404 g/mol. The summed E-state index contributed by atoms with van der Waals surface area (Å²) in [7, 11) is -3.27. The molecule has 27 heavy (non-hydrogen) atoms. The van der Waals surface area contributed by atoms with Crippen molar-refractivity contribution >= 4 is 33.0 Å². The number of benzene rings is 2. The number of anilines is 1. The summed E-state index contributed by atoms with van der Waals surface area (Å²) in [6.45, 7) is 2.05. The van der Waals surface area contributed by atoms with Gasteiger partial charge >= 0.3 is 0 Å². The Hall–Kier alpha value is -2.15. The average molecular weight is 405 g/mol. The van der Waals surface area contributed by atoms with Crippen LogP contribution >= 0.6 is 11.6 Å². The van der Waals surface area contributed by atoms with E-state index in [0.29, 0.717) is 10.7 Å². The van der Waals surface area contributed by atoms with E-state index >= 15 is 0 Å². The molecule has 142 valence electrons. The SMILES string of the molecule is C[C@@H](NCC(=O)N(c1ccccc1)[C@@H]1C=CS(=O)(=O)C1)c1ccc(Cl)cc1. The highest BCUT2D eigenvalue weighted by molar-refractivity contribution is 7.94. The summed E-state index contributed by atoms with van der Waals surface area (Å²) < 4.78 is 23.7. The quantitative estimate of drug-likeness (QED) is 0.801. The number of amides is 1. The molecule has 1 aliphatic rings. The Morgan fingerprint density at radius 2 is 1.85 bits per heavy atom. The minimum atomic E-state index is -3.27. The van der Waals surface area contributed by atoms with Gasteiger partial charge in [-0.3, -0.25) is 4.79 Å². The Morgan fingerprint density at radius 1 is 1.19 bits per heavy atom. The standard InChI is InChI=1S/C20H21ClN2O3S/c1-15(16-7-9-17(21)10-8-16)22-13-20(24)23(18-5-3-2-4-6-18)19-11-12-27(25,26)14-19/h2-12,15,19,22H,13-14H2,1H3/t15-,19-/m1/s1. The number of carbonyl (C=O) groups excluding carboxylic acids is 1. The molecule has 7 heteroatoms. The third-order valence-corrected chi connectivity index (χ3v) is 6.11. The fourth-order valence-corrected chi connectivity index (χ4v) is 4.42. The molecule has 0 spiro atoms. The lowest BCUT2D eigenvalue weighted by Gasteiger charge is -2.28. The summed E-state index contributed by atoms with van der Waals surface area (Å²) in [6, 6.07) is 16.0. The van der Waals surface area contributed by atoms with Gasteiger partial charge in [0, 0.05) is 22.2 Å². The van der Waals surface area contributed by atoms with Crippen molar-refractivity contribution in [3.8, 4) is 0 Å². The van der Waals surface area contributed by atoms with Crippen molar-refractivity contribution in [2.75, 3.05) is 17.2 Å². The maximum atomic E-state index is 12.9. The van der Waals surface area contributed by atoms with Crippen LogP contribution < -0.4 is 10.2 Å². The fourth-order valence-electron chi connectivity index (χ4n) is 3.02. The highest BCUT2D eigenvalue weighted by atomic mass is 35.5. The molecule has 3 rings (SSSR count). The molecule has 0 aromatic heterocycles. The number of rotatable bonds is 6. The Balaban J connectivity index is 1.73. The molecule has 1 N–H and O–H groups in total. The van der Waals surface area contributed by atoms with Crippen LogP contribution in [0, 0.1) is 0 Å². The van der Waals surface area contributed by atoms with Crippen LogP contribution in [0.15, 0.2) is 66.1 Å². The molecule has 2 aromatic carbocycles. The number of halogens is 1. The number of nitrogens with one attached hydrogen (secondary N) is 1. The molecular formula is C20H21ClN2O3S. The van der Waals surface area contributed by atoms with E-state index in [1.54, 1.807) is 35.2 Å². The maximum absolute atomic E-state index is 12.9. The summed E-state index contributed by atoms with van der Waals surface area (Å²) in [4.78, 5) is 14.5. The van der Waals surface area contributed by atoms with Crippen LogP contribution in [0.1, 0.15) is 18.5 Å². The van der Waals surface area contributed by atoms with Crippen molar-refractivity contribution in [3.05, 3.63) is 76.7 Å². The second-order valence-corrected chi connectivity index (χ2v) is 8.85. The van der Waals surface area contributed by atoms with Crippen molar-refractivity contribution in [2.24, 2.45) is 0 Å². The number of para-hydroxylation sites is 1. The van der Waals surface area contributed by atoms with Crippen molar-refractivity contribution < 1.29 is 13.2 Å². The molecule has 0 saturated carbocycles. The van der Waals surface area contributed by atoms with Gasteiger partial charge in [-0.05, 0) is 42.8 Å². The molecule has 0 unspecified atom stereocenters. The topological polar surface area (TPSA) is 66.5 Å². The van der Waals surface area contributed by atoms with E-state index in [2.05, 4.69) is 5.32 Å². The van der Waals surface area contributed by atoms with Crippen molar-refractivity contribution in [1.82, 2.24) is 5.32 Å². The maximum Gasteiger partial charge on any atom is 0.241 e. The first-order valence-electron chi connectivity index (χ1n) is 8.63. The van der Waals surface area contributed by atoms with Crippen molar-refractivity contribution in [3.63, 3.8) is 0 Å². The molecule has 1 amide bonds. The molecular weight excluding hydrogens is 384 g/mol. The van der Waals surface area contributed by atoms with Gasteiger partial charge in [0.25, 0.3) is 0 Å². The predicted molar refractivity (Wildman–Crippen MR) is 109 cm³/mol. The third kappa shape index (κ3) is 4.97. The molecule has 0 aliphatic carbocycles. The number of hydrogen-bond donors (Lipinski definition) is 1. The molecule has 5 nitrogen and oxygen atoms in total. The Kier molecular flexibility index (Phi) is 5.99. The van der Waals surface area contributed by atoms with Gasteiger partial charge in [0.05, 0.1) is 18.3 Å². The molecule has 1 heterocycles. The van der Waals surface area contributed by atoms with Gasteiger partial charge in [0.1, 0.15) is 0 Å². The minimum Gasteiger partial charge on any atom is -0.303 e. The Bertz CT molecular complexity index is 927. The van der Waals surface area contributed by atoms with Crippen molar-refractivity contribution in [1.29, 1.82) is 0 Å². The number of carbonyl (C=O) groups is 1. The van der Waals surface area contributed by atoms with Gasteiger partial charge < -0.3 is 10.2 Å². The highest BCUT2D eigenvalue weighted by Crippen LogP contribution is 2.23. The van der Waals surface area contributed by atoms with E-state index in [0.717, 1.165) is 5.56 Å². The van der Waals surface area contributed by atoms with E-state index in [4.69, 9.17) is 11.6 Å². The van der Waals surface area contributed by atoms with Crippen LogP contribution in [-0.4, -0.2) is 32.7 Å². The van der Waals surface area contributed by atoms with Crippen LogP contribution in [0.4, 0.5) is 5.69 Å². The van der Waals surface area contributed by atoms with E-state index in [1.165, 1.54) is 5.41 Å². The Morgan fingerprint density at radius 3 is 2.44 bits per heavy atom. The first-order chi connectivity index (χ1) is 12.9. The summed E-state index contributed by atoms with van der Waals surface area (Å²) in [5.74, 6) is -0.283. The molecule has 0 saturated heterocycles. The zero-order valence-electron chi connectivity index (χ0n) is 14.9. The predicted octanol–water partition coefficient (Wildman–Crippen LogP) is 3.33. The van der Waals surface area contributed by atoms with E-state index in [1.807, 2.05) is 37.3 Å². The van der Waals surface area contributed by atoms with Crippen LogP contribution in [0.25, 0.3) is 0 Å². The molecule has 1 aliphatic heterocycles. The first-order valence-corrected chi connectivity index (χ1v) is 10.7. The fraction of sp³-hybridized carbons (Fsp3) is 0.250. The van der Waals surface area contributed by atoms with Gasteiger partial charge in [-0.15, -0.1) is 0 Å². The second-order valence-electron chi connectivity index (χ2n) is 6.48. The molecule has 2 atom stereocenters. The molecule has 0 bridgehead atoms. The normalized spacial score (nSPS) is 19.0. The molecule has 0 fully saturated rings. The van der Waals surface area contributed by atoms with Crippen molar-refractivity contribution in [2.45, 2.75) is 19.0 Å². The van der Waals surface area contributed by atoms with Gasteiger partial charge in [0.15, 0.2) is 9.84 Å². The zero-order valence-corrected chi connectivity index (χ0v) is 16.5. The first kappa shape index (κ1) is 19.6. The summed E-state index contributed by atoms with van der Waals surface area (Å²) in [5, 5.41) is 5.05. The summed E-state index contributed by atoms with van der Waals surface area (Å²) >= 11 is 5.91. The van der Waals surface area contributed by atoms with E-state index < -0.39 is 15.9 Å². The second kappa shape index (κ2) is 8.25. The Labute approximate surface area is 164 Å². The molecule has 2 aromatic rings. The van der Waals surface area contributed by atoms with E-state index in [-0.39, 0.29) is 24.2 Å². The van der Waals surface area contributed by atoms with Crippen LogP contribution in [0.5, 0.6) is 0 Å². The number of hydrogen-bond acceptors (Lipinski definition) is 4. The highest BCUT2D eigenvalue weighted by Gasteiger charge is 2.31. The number of nitrogens with zero attached hydrogens (tertiary/aromatic N) is 1. The van der Waals surface area contributed by atoms with Gasteiger partial charge in [0.2, 0.25) is 5.91 Å². The largest absolute Gasteiger partial charge is 0.303 e. The lowest BCUT2D eigenvalue weighted by molar-refractivity contribution is -0.118. The summed E-state index contributed by atoms with van der Waals surface area (Å²) in [6.07, 6.45) is 1.57. The van der Waals surface area contributed by atoms with Gasteiger partial charge in [-0.2, -0.15) is 0 Å². The number of sulfone groups is 1. The van der Waals surface area contributed by atoms with Crippen LogP contribution in [0.3, 0.4) is 0 Å². The smallest absolute Gasteiger partial charge is 0.241 e. The van der Waals surface area contributed by atoms with Gasteiger partial charge in [-0.25, -0.2) is 8.42 Å². The lowest BCUT2D eigenvalue weighted by Crippen LogP contribution is -2.45. The van der Waals surface area contributed by atoms with Crippen LogP contribution in [-0.2, 0) is 14.6 Å². The zero-order chi connectivity index (χ0) is 19.4. The molecule has 0 radical (unpaired) electrons. The van der Waals surface area contributed by atoms with Gasteiger partial charge in [-0.1, -0.05) is 41.9 Å².